The van der Waals surface area contributed by atoms with Crippen LogP contribution in [0.25, 0.3) is 0 Å². The summed E-state index contributed by atoms with van der Waals surface area (Å²) >= 11 is 1.54. The van der Waals surface area contributed by atoms with Crippen molar-refractivity contribution in [2.75, 3.05) is 5.75 Å². The van der Waals surface area contributed by atoms with Crippen LogP contribution in [0.3, 0.4) is 0 Å². The summed E-state index contributed by atoms with van der Waals surface area (Å²) in [5.74, 6) is 5.47. The van der Waals surface area contributed by atoms with Gasteiger partial charge in [0.25, 0.3) is 0 Å². The minimum absolute atomic E-state index is 0. The molecule has 1 aromatic heterocycles. The molecule has 0 atom stereocenters. The van der Waals surface area contributed by atoms with Crippen LogP contribution in [0.2, 0.25) is 0 Å². The fraction of sp³-hybridized carbons (Fsp3) is 0.250. The standard InChI is InChI=1S/C8H11N3OS.ClH/c9-11-7(12)4-6-13-8-3-1-2-5-10-8;/h1-3,5H,4,6,9H2,(H,11,12);1H. The first-order valence-corrected chi connectivity index (χ1v) is 4.85. The molecule has 0 bridgehead atoms. The molecule has 1 amide bonds. The first-order chi connectivity index (χ1) is 6.33. The summed E-state index contributed by atoms with van der Waals surface area (Å²) in [5.41, 5.74) is 2.08. The number of nitrogens with two attached hydrogens (primary N) is 1. The monoisotopic (exact) mass is 233 g/mol. The zero-order chi connectivity index (χ0) is 9.52. The van der Waals surface area contributed by atoms with Gasteiger partial charge in [-0.3, -0.25) is 10.2 Å². The van der Waals surface area contributed by atoms with Crippen molar-refractivity contribution >= 4 is 30.1 Å². The molecule has 0 aliphatic heterocycles. The summed E-state index contributed by atoms with van der Waals surface area (Å²) in [6, 6.07) is 5.68. The summed E-state index contributed by atoms with van der Waals surface area (Å²) in [5, 5.41) is 0.923. The van der Waals surface area contributed by atoms with Gasteiger partial charge in [-0.2, -0.15) is 0 Å². The number of hydrazine groups is 1. The lowest BCUT2D eigenvalue weighted by molar-refractivity contribution is -0.120. The van der Waals surface area contributed by atoms with E-state index in [1.165, 1.54) is 11.8 Å². The molecule has 0 radical (unpaired) electrons. The molecule has 1 heterocycles. The van der Waals surface area contributed by atoms with Crippen molar-refractivity contribution in [3.8, 4) is 0 Å². The van der Waals surface area contributed by atoms with E-state index in [1.54, 1.807) is 6.20 Å². The number of rotatable bonds is 4. The SMILES string of the molecule is Cl.NNC(=O)CCSc1ccccn1. The van der Waals surface area contributed by atoms with Crippen LogP contribution in [-0.2, 0) is 4.79 Å². The molecule has 14 heavy (non-hydrogen) atoms. The average Bonchev–Trinajstić information content (AvgIpc) is 2.19. The van der Waals surface area contributed by atoms with E-state index >= 15 is 0 Å². The molecule has 0 aromatic carbocycles. The molecule has 0 spiro atoms. The van der Waals surface area contributed by atoms with Crippen molar-refractivity contribution in [3.05, 3.63) is 24.4 Å². The zero-order valence-corrected chi connectivity index (χ0v) is 9.11. The minimum Gasteiger partial charge on any atom is -0.294 e. The smallest absolute Gasteiger partial charge is 0.234 e. The molecule has 0 saturated carbocycles. The molecule has 0 saturated heterocycles. The van der Waals surface area contributed by atoms with Crippen LogP contribution in [0.5, 0.6) is 0 Å². The number of hydrogen-bond donors (Lipinski definition) is 2. The number of nitrogens with one attached hydrogen (secondary N) is 1. The minimum atomic E-state index is -0.150. The second-order valence-electron chi connectivity index (χ2n) is 2.33. The van der Waals surface area contributed by atoms with Crippen LogP contribution in [0, 0.1) is 0 Å². The van der Waals surface area contributed by atoms with E-state index in [-0.39, 0.29) is 18.3 Å². The Morgan fingerprint density at radius 2 is 2.36 bits per heavy atom. The van der Waals surface area contributed by atoms with Crippen molar-refractivity contribution in [1.82, 2.24) is 10.4 Å². The van der Waals surface area contributed by atoms with Crippen molar-refractivity contribution in [2.45, 2.75) is 11.4 Å². The van der Waals surface area contributed by atoms with E-state index in [1.807, 2.05) is 18.2 Å². The number of aromatic nitrogens is 1. The maximum absolute atomic E-state index is 10.7. The number of halogens is 1. The van der Waals surface area contributed by atoms with E-state index in [0.717, 1.165) is 5.03 Å². The quantitative estimate of drug-likeness (QED) is 0.352. The summed E-state index contributed by atoms with van der Waals surface area (Å²) in [4.78, 5) is 14.8. The molecule has 78 valence electrons. The normalized spacial score (nSPS) is 8.93. The largest absolute Gasteiger partial charge is 0.294 e. The lowest BCUT2D eigenvalue weighted by Crippen LogP contribution is -2.30. The van der Waals surface area contributed by atoms with E-state index < -0.39 is 0 Å². The topological polar surface area (TPSA) is 68.0 Å². The Morgan fingerprint density at radius 1 is 1.57 bits per heavy atom. The third-order valence-electron chi connectivity index (χ3n) is 1.38. The first-order valence-electron chi connectivity index (χ1n) is 3.86. The third-order valence-corrected chi connectivity index (χ3v) is 2.32. The molecule has 1 rings (SSSR count). The van der Waals surface area contributed by atoms with E-state index in [4.69, 9.17) is 5.84 Å². The molecule has 1 aromatic rings. The fourth-order valence-corrected chi connectivity index (χ4v) is 1.56. The van der Waals surface area contributed by atoms with Gasteiger partial charge in [0.2, 0.25) is 5.91 Å². The second-order valence-corrected chi connectivity index (χ2v) is 3.45. The summed E-state index contributed by atoms with van der Waals surface area (Å²) < 4.78 is 0. The highest BCUT2D eigenvalue weighted by Crippen LogP contribution is 2.14. The molecule has 0 aliphatic rings. The number of pyridine rings is 1. The number of hydrogen-bond acceptors (Lipinski definition) is 4. The average molecular weight is 234 g/mol. The van der Waals surface area contributed by atoms with Gasteiger partial charge in [0, 0.05) is 18.4 Å². The fourth-order valence-electron chi connectivity index (χ4n) is 0.753. The van der Waals surface area contributed by atoms with Crippen LogP contribution in [0.15, 0.2) is 29.4 Å². The van der Waals surface area contributed by atoms with Gasteiger partial charge < -0.3 is 0 Å². The molecular formula is C8H12ClN3OS. The van der Waals surface area contributed by atoms with E-state index in [9.17, 15) is 4.79 Å². The van der Waals surface area contributed by atoms with E-state index in [2.05, 4.69) is 10.4 Å². The molecule has 0 fully saturated rings. The zero-order valence-electron chi connectivity index (χ0n) is 7.47. The predicted molar refractivity (Wildman–Crippen MR) is 59.2 cm³/mol. The van der Waals surface area contributed by atoms with Gasteiger partial charge in [0.1, 0.15) is 0 Å². The molecule has 0 unspecified atom stereocenters. The number of nitrogens with zero attached hydrogens (tertiary/aromatic N) is 1. The van der Waals surface area contributed by atoms with E-state index in [0.29, 0.717) is 12.2 Å². The second kappa shape index (κ2) is 7.61. The number of carbonyl (C=O) groups excluding carboxylic acids is 1. The van der Waals surface area contributed by atoms with Gasteiger partial charge in [-0.15, -0.1) is 24.2 Å². The molecule has 3 N–H and O–H groups in total. The Bertz CT molecular complexity index is 271. The Balaban J connectivity index is 0.00000169. The van der Waals surface area contributed by atoms with Gasteiger partial charge >= 0.3 is 0 Å². The Morgan fingerprint density at radius 3 is 2.93 bits per heavy atom. The lowest BCUT2D eigenvalue weighted by atomic mass is 10.5. The maximum Gasteiger partial charge on any atom is 0.234 e. The summed E-state index contributed by atoms with van der Waals surface area (Å²) in [7, 11) is 0. The molecular weight excluding hydrogens is 222 g/mol. The Labute approximate surface area is 93.0 Å². The van der Waals surface area contributed by atoms with Crippen LogP contribution < -0.4 is 11.3 Å². The highest BCUT2D eigenvalue weighted by atomic mass is 35.5. The molecule has 6 heteroatoms. The molecule has 4 nitrogen and oxygen atoms in total. The van der Waals surface area contributed by atoms with Gasteiger partial charge in [-0.25, -0.2) is 10.8 Å². The number of carbonyl (C=O) groups is 1. The Kier molecular flexibility index (Phi) is 7.18. The van der Waals surface area contributed by atoms with Gasteiger partial charge in [0.15, 0.2) is 0 Å². The van der Waals surface area contributed by atoms with Crippen LogP contribution in [0.1, 0.15) is 6.42 Å². The van der Waals surface area contributed by atoms with Crippen molar-refractivity contribution in [1.29, 1.82) is 0 Å². The van der Waals surface area contributed by atoms with Gasteiger partial charge in [-0.1, -0.05) is 6.07 Å². The third kappa shape index (κ3) is 5.06. The van der Waals surface area contributed by atoms with Crippen LogP contribution >= 0.6 is 24.2 Å². The number of amides is 1. The van der Waals surface area contributed by atoms with Crippen molar-refractivity contribution in [2.24, 2.45) is 5.84 Å². The predicted octanol–water partition coefficient (Wildman–Crippen LogP) is 0.976. The van der Waals surface area contributed by atoms with Crippen LogP contribution in [-0.4, -0.2) is 16.6 Å². The van der Waals surface area contributed by atoms with Gasteiger partial charge in [0.05, 0.1) is 5.03 Å². The highest BCUT2D eigenvalue weighted by Gasteiger charge is 1.99. The Hall–Kier alpha value is -0.780. The molecule has 0 aliphatic carbocycles. The van der Waals surface area contributed by atoms with Crippen molar-refractivity contribution in [3.63, 3.8) is 0 Å². The van der Waals surface area contributed by atoms with Crippen LogP contribution in [0.4, 0.5) is 0 Å². The first kappa shape index (κ1) is 13.2. The highest BCUT2D eigenvalue weighted by molar-refractivity contribution is 7.99. The van der Waals surface area contributed by atoms with Gasteiger partial charge in [-0.05, 0) is 12.1 Å². The maximum atomic E-state index is 10.7. The lowest BCUT2D eigenvalue weighted by Gasteiger charge is -1.99. The van der Waals surface area contributed by atoms with Crippen molar-refractivity contribution < 1.29 is 4.79 Å². The summed E-state index contributed by atoms with van der Waals surface area (Å²) in [6.45, 7) is 0. The summed E-state index contributed by atoms with van der Waals surface area (Å²) in [6.07, 6.45) is 2.14. The number of thioether (sulfide) groups is 1.